The minimum Gasteiger partial charge on any atom is -0.508 e. The van der Waals surface area contributed by atoms with Crippen LogP contribution in [0.25, 0.3) is 0 Å². The lowest BCUT2D eigenvalue weighted by Gasteiger charge is -2.41. The number of phenolic OH excluding ortho intramolecular Hbond substituents is 1. The quantitative estimate of drug-likeness (QED) is 0.402. The van der Waals surface area contributed by atoms with Gasteiger partial charge in [0.05, 0.1) is 12.6 Å². The Morgan fingerprint density at radius 2 is 1.59 bits per heavy atom. The van der Waals surface area contributed by atoms with Crippen LogP contribution < -0.4 is 4.90 Å². The fraction of sp³-hybridized carbons (Fsp3) is 0.208. The number of anilines is 1. The van der Waals surface area contributed by atoms with Gasteiger partial charge in [-0.05, 0) is 41.0 Å². The number of carbonyl (C=O) groups excluding carboxylic acids is 1. The number of amides is 1. The Kier molecular flexibility index (Phi) is 6.16. The SMILES string of the molecule is O=C1CN(Cc2ccccc2)C[C@@H](c2ccc(CI)cc2)N1c1ccc(O)cc1. The first-order valence-corrected chi connectivity index (χ1v) is 11.2. The van der Waals surface area contributed by atoms with Gasteiger partial charge in [-0.3, -0.25) is 9.69 Å². The Hall–Kier alpha value is -2.38. The molecule has 0 radical (unpaired) electrons. The average Bonchev–Trinajstić information content (AvgIpc) is 2.75. The molecular weight excluding hydrogens is 475 g/mol. The monoisotopic (exact) mass is 498 g/mol. The molecule has 148 valence electrons. The van der Waals surface area contributed by atoms with E-state index >= 15 is 0 Å². The lowest BCUT2D eigenvalue weighted by molar-refractivity contribution is -0.122. The Bertz CT molecular complexity index is 958. The fourth-order valence-electron chi connectivity index (χ4n) is 3.81. The molecule has 29 heavy (non-hydrogen) atoms. The van der Waals surface area contributed by atoms with Gasteiger partial charge in [-0.25, -0.2) is 0 Å². The molecule has 3 aromatic carbocycles. The summed E-state index contributed by atoms with van der Waals surface area (Å²) in [5.74, 6) is 0.271. The van der Waals surface area contributed by atoms with E-state index in [-0.39, 0.29) is 17.7 Å². The maximum Gasteiger partial charge on any atom is 0.241 e. The highest BCUT2D eigenvalue weighted by Gasteiger charge is 2.34. The summed E-state index contributed by atoms with van der Waals surface area (Å²) >= 11 is 2.36. The van der Waals surface area contributed by atoms with Gasteiger partial charge in [0.1, 0.15) is 5.75 Å². The van der Waals surface area contributed by atoms with Crippen LogP contribution in [0.1, 0.15) is 22.7 Å². The molecule has 1 aliphatic heterocycles. The van der Waals surface area contributed by atoms with Crippen molar-refractivity contribution in [1.29, 1.82) is 0 Å². The molecule has 3 aromatic rings. The van der Waals surface area contributed by atoms with Crippen LogP contribution in [0.4, 0.5) is 5.69 Å². The second-order valence-corrected chi connectivity index (χ2v) is 8.09. The fourth-order valence-corrected chi connectivity index (χ4v) is 4.32. The van der Waals surface area contributed by atoms with Gasteiger partial charge < -0.3 is 10.0 Å². The Morgan fingerprint density at radius 1 is 0.897 bits per heavy atom. The number of hydrogen-bond donors (Lipinski definition) is 1. The normalized spacial score (nSPS) is 17.5. The van der Waals surface area contributed by atoms with Gasteiger partial charge in [-0.2, -0.15) is 0 Å². The standard InChI is InChI=1S/C24H23IN2O2/c25-14-18-6-8-20(9-7-18)23-16-26(15-19-4-2-1-3-5-19)17-24(29)27(23)21-10-12-22(28)13-11-21/h1-13,23,28H,14-17H2/t23-/m0/s1. The first kappa shape index (κ1) is 19.9. The first-order chi connectivity index (χ1) is 14.1. The van der Waals surface area contributed by atoms with Crippen LogP contribution in [0.15, 0.2) is 78.9 Å². The van der Waals surface area contributed by atoms with E-state index in [9.17, 15) is 9.90 Å². The molecule has 1 amide bonds. The van der Waals surface area contributed by atoms with Crippen molar-refractivity contribution in [2.24, 2.45) is 0 Å². The summed E-state index contributed by atoms with van der Waals surface area (Å²) in [6, 6.07) is 25.6. The molecule has 0 spiro atoms. The van der Waals surface area contributed by atoms with Crippen LogP contribution in [0.5, 0.6) is 5.75 Å². The largest absolute Gasteiger partial charge is 0.508 e. The van der Waals surface area contributed by atoms with E-state index in [1.54, 1.807) is 12.1 Å². The van der Waals surface area contributed by atoms with Crippen LogP contribution in [-0.2, 0) is 15.8 Å². The van der Waals surface area contributed by atoms with Gasteiger partial charge in [-0.1, -0.05) is 77.2 Å². The highest BCUT2D eigenvalue weighted by Crippen LogP contribution is 2.33. The van der Waals surface area contributed by atoms with Gasteiger partial charge in [-0.15, -0.1) is 0 Å². The molecule has 1 saturated heterocycles. The number of piperazine rings is 1. The minimum absolute atomic E-state index is 0.0702. The molecule has 0 aliphatic carbocycles. The molecule has 1 fully saturated rings. The number of rotatable bonds is 5. The summed E-state index contributed by atoms with van der Waals surface area (Å²) in [7, 11) is 0. The second-order valence-electron chi connectivity index (χ2n) is 7.33. The first-order valence-electron chi connectivity index (χ1n) is 9.66. The highest BCUT2D eigenvalue weighted by atomic mass is 127. The number of phenols is 1. The lowest BCUT2D eigenvalue weighted by atomic mass is 9.99. The molecule has 4 nitrogen and oxygen atoms in total. The maximum absolute atomic E-state index is 13.2. The number of halogens is 1. The lowest BCUT2D eigenvalue weighted by Crippen LogP contribution is -2.52. The summed E-state index contributed by atoms with van der Waals surface area (Å²) in [4.78, 5) is 17.3. The molecular formula is C24H23IN2O2. The van der Waals surface area contributed by atoms with Crippen molar-refractivity contribution in [3.05, 3.63) is 95.6 Å². The molecule has 1 N–H and O–H groups in total. The molecule has 0 saturated carbocycles. The van der Waals surface area contributed by atoms with Crippen LogP contribution in [0, 0.1) is 0 Å². The van der Waals surface area contributed by atoms with Crippen molar-refractivity contribution in [2.75, 3.05) is 18.0 Å². The number of carbonyl (C=O) groups is 1. The molecule has 0 bridgehead atoms. The van der Waals surface area contributed by atoms with E-state index in [0.717, 1.165) is 28.8 Å². The van der Waals surface area contributed by atoms with Crippen LogP contribution >= 0.6 is 22.6 Å². The Balaban J connectivity index is 1.66. The molecule has 1 aliphatic rings. The summed E-state index contributed by atoms with van der Waals surface area (Å²) < 4.78 is 0.962. The zero-order chi connectivity index (χ0) is 20.2. The van der Waals surface area contributed by atoms with E-state index < -0.39 is 0 Å². The van der Waals surface area contributed by atoms with E-state index in [0.29, 0.717) is 6.54 Å². The third kappa shape index (κ3) is 4.62. The van der Waals surface area contributed by atoms with Gasteiger partial charge in [0.25, 0.3) is 0 Å². The number of alkyl halides is 1. The van der Waals surface area contributed by atoms with Crippen molar-refractivity contribution in [1.82, 2.24) is 4.90 Å². The van der Waals surface area contributed by atoms with E-state index in [4.69, 9.17) is 0 Å². The second kappa shape index (κ2) is 8.97. The van der Waals surface area contributed by atoms with Crippen molar-refractivity contribution < 1.29 is 9.90 Å². The number of benzene rings is 3. The van der Waals surface area contributed by atoms with Gasteiger partial charge in [0, 0.05) is 23.2 Å². The number of aromatic hydroxyl groups is 1. The van der Waals surface area contributed by atoms with Gasteiger partial charge in [0.2, 0.25) is 5.91 Å². The molecule has 0 unspecified atom stereocenters. The summed E-state index contributed by atoms with van der Waals surface area (Å²) in [5.41, 5.74) is 4.42. The molecule has 1 heterocycles. The summed E-state index contributed by atoms with van der Waals surface area (Å²) in [6.07, 6.45) is 0. The predicted molar refractivity (Wildman–Crippen MR) is 124 cm³/mol. The van der Waals surface area contributed by atoms with Crippen LogP contribution in [0.3, 0.4) is 0 Å². The van der Waals surface area contributed by atoms with Gasteiger partial charge in [0.15, 0.2) is 0 Å². The average molecular weight is 498 g/mol. The smallest absolute Gasteiger partial charge is 0.241 e. The topological polar surface area (TPSA) is 43.8 Å². The zero-order valence-electron chi connectivity index (χ0n) is 16.0. The highest BCUT2D eigenvalue weighted by molar-refractivity contribution is 14.1. The van der Waals surface area contributed by atoms with E-state index in [1.807, 2.05) is 35.2 Å². The van der Waals surface area contributed by atoms with Crippen molar-refractivity contribution in [3.8, 4) is 5.75 Å². The van der Waals surface area contributed by atoms with E-state index in [2.05, 4.69) is 63.9 Å². The molecule has 0 aromatic heterocycles. The third-order valence-corrected chi connectivity index (χ3v) is 6.15. The Labute approximate surface area is 184 Å². The van der Waals surface area contributed by atoms with Gasteiger partial charge >= 0.3 is 0 Å². The van der Waals surface area contributed by atoms with Crippen molar-refractivity contribution in [2.45, 2.75) is 17.0 Å². The summed E-state index contributed by atoms with van der Waals surface area (Å²) in [5, 5.41) is 9.66. The number of nitrogens with zero attached hydrogens (tertiary/aromatic N) is 2. The third-order valence-electron chi connectivity index (χ3n) is 5.27. The molecule has 4 rings (SSSR count). The van der Waals surface area contributed by atoms with E-state index in [1.165, 1.54) is 11.1 Å². The van der Waals surface area contributed by atoms with Crippen LogP contribution in [-0.4, -0.2) is 29.0 Å². The zero-order valence-corrected chi connectivity index (χ0v) is 18.2. The Morgan fingerprint density at radius 3 is 2.24 bits per heavy atom. The van der Waals surface area contributed by atoms with Crippen molar-refractivity contribution in [3.63, 3.8) is 0 Å². The number of hydrogen-bond acceptors (Lipinski definition) is 3. The predicted octanol–water partition coefficient (Wildman–Crippen LogP) is 4.92. The minimum atomic E-state index is -0.0761. The maximum atomic E-state index is 13.2. The molecule has 5 heteroatoms. The molecule has 1 atom stereocenters. The summed E-state index contributed by atoms with van der Waals surface area (Å²) in [6.45, 7) is 1.88. The van der Waals surface area contributed by atoms with Crippen LogP contribution in [0.2, 0.25) is 0 Å². The van der Waals surface area contributed by atoms with Crippen molar-refractivity contribution >= 4 is 34.2 Å².